The number of aromatic nitrogens is 3. The molecule has 2 aromatic heterocycles. The Morgan fingerprint density at radius 3 is 3.02 bits per heavy atom. The molecule has 1 aliphatic carbocycles. The number of fused-ring (bicyclic) bond motifs is 4. The topological polar surface area (TPSA) is 127 Å². The van der Waals surface area contributed by atoms with Crippen molar-refractivity contribution in [2.45, 2.75) is 75.4 Å². The van der Waals surface area contributed by atoms with E-state index in [2.05, 4.69) is 16.0 Å². The fraction of sp³-hybridized carbons (Fsp3) is 0.533. The lowest BCUT2D eigenvalue weighted by molar-refractivity contribution is -0.0857. The molecule has 1 aromatic carbocycles. The Balaban J connectivity index is 1.26. The van der Waals surface area contributed by atoms with Crippen LogP contribution in [0.5, 0.6) is 6.01 Å². The summed E-state index contributed by atoms with van der Waals surface area (Å²) in [5, 5.41) is 10.1. The maximum Gasteiger partial charge on any atom is 0.318 e. The molecule has 214 valence electrons. The molecular formula is C30H34FN7O3. The van der Waals surface area contributed by atoms with Crippen molar-refractivity contribution in [3.63, 3.8) is 0 Å². The molecule has 2 N–H and O–H groups in total. The minimum absolute atomic E-state index is 0.274. The number of oxazole rings is 1. The van der Waals surface area contributed by atoms with Gasteiger partial charge >= 0.3 is 6.01 Å². The molecule has 0 amide bonds. The maximum absolute atomic E-state index is 14.4. The predicted octanol–water partition coefficient (Wildman–Crippen LogP) is 3.81. The minimum atomic E-state index is -0.836. The van der Waals surface area contributed by atoms with Gasteiger partial charge < -0.3 is 24.5 Å². The molecule has 5 heterocycles. The van der Waals surface area contributed by atoms with Crippen molar-refractivity contribution in [2.24, 2.45) is 0 Å². The van der Waals surface area contributed by atoms with Gasteiger partial charge in [0, 0.05) is 43.2 Å². The lowest BCUT2D eigenvalue weighted by Gasteiger charge is -2.43. The average Bonchev–Trinajstić information content (AvgIpc) is 3.68. The molecule has 41 heavy (non-hydrogen) atoms. The van der Waals surface area contributed by atoms with Crippen molar-refractivity contribution in [3.05, 3.63) is 58.4 Å². The summed E-state index contributed by atoms with van der Waals surface area (Å²) in [6.45, 7) is 2.46. The number of halogens is 1. The fourth-order valence-corrected chi connectivity index (χ4v) is 7.50. The number of rotatable bonds is 6. The van der Waals surface area contributed by atoms with Gasteiger partial charge in [0.1, 0.15) is 36.5 Å². The van der Waals surface area contributed by atoms with Gasteiger partial charge in [-0.05, 0) is 50.3 Å². The highest BCUT2D eigenvalue weighted by atomic mass is 19.1. The molecule has 7 rings (SSSR count). The van der Waals surface area contributed by atoms with Crippen LogP contribution in [0.1, 0.15) is 65.7 Å². The van der Waals surface area contributed by atoms with E-state index in [-0.39, 0.29) is 18.2 Å². The molecule has 4 aliphatic rings. The Labute approximate surface area is 238 Å². The third-order valence-electron chi connectivity index (χ3n) is 9.39. The highest BCUT2D eigenvalue weighted by Crippen LogP contribution is 2.48. The van der Waals surface area contributed by atoms with Crippen LogP contribution in [0.15, 0.2) is 29.2 Å². The van der Waals surface area contributed by atoms with Crippen molar-refractivity contribution in [3.8, 4) is 12.1 Å². The Bertz CT molecular complexity index is 1510. The molecule has 3 atom stereocenters. The number of hydrogen-bond acceptors (Lipinski definition) is 10. The van der Waals surface area contributed by atoms with Gasteiger partial charge in [-0.15, -0.1) is 0 Å². The van der Waals surface area contributed by atoms with Gasteiger partial charge in [-0.3, -0.25) is 4.90 Å². The first-order valence-electron chi connectivity index (χ1n) is 14.4. The van der Waals surface area contributed by atoms with E-state index in [0.717, 1.165) is 66.7 Å². The van der Waals surface area contributed by atoms with E-state index in [4.69, 9.17) is 29.6 Å². The van der Waals surface area contributed by atoms with Crippen LogP contribution in [-0.4, -0.2) is 58.3 Å². The number of nitrogen functional groups attached to an aromatic ring is 1. The van der Waals surface area contributed by atoms with Crippen LogP contribution in [-0.2, 0) is 36.3 Å². The van der Waals surface area contributed by atoms with Gasteiger partial charge in [-0.25, -0.2) is 9.37 Å². The maximum atomic E-state index is 14.4. The summed E-state index contributed by atoms with van der Waals surface area (Å²) in [6, 6.07) is 6.44. The van der Waals surface area contributed by atoms with E-state index in [0.29, 0.717) is 49.6 Å². The molecule has 10 nitrogen and oxygen atoms in total. The Kier molecular flexibility index (Phi) is 6.36. The molecule has 1 spiro atoms. The van der Waals surface area contributed by atoms with Crippen molar-refractivity contribution in [1.82, 2.24) is 19.9 Å². The van der Waals surface area contributed by atoms with Gasteiger partial charge in [-0.1, -0.05) is 6.07 Å². The molecule has 2 saturated heterocycles. The number of nitrogens with zero attached hydrogens (tertiary/aromatic N) is 6. The SMILES string of the molecule is CN(Cc1cocn1)c1nc(OCC23CCCN2CC(F)C3)nc2c1COC1(CCCc3ccc(N)c(C#N)c31)C2. The zero-order chi connectivity index (χ0) is 28.2. The zero-order valence-electron chi connectivity index (χ0n) is 23.2. The van der Waals surface area contributed by atoms with Crippen LogP contribution in [0.25, 0.3) is 0 Å². The first-order valence-corrected chi connectivity index (χ1v) is 14.4. The smallest absolute Gasteiger partial charge is 0.318 e. The third-order valence-corrected chi connectivity index (χ3v) is 9.39. The van der Waals surface area contributed by atoms with Crippen LogP contribution in [0.3, 0.4) is 0 Å². The first-order chi connectivity index (χ1) is 19.9. The third kappa shape index (κ3) is 4.41. The number of alkyl halides is 1. The second-order valence-corrected chi connectivity index (χ2v) is 11.9. The minimum Gasteiger partial charge on any atom is -0.461 e. The molecule has 3 aliphatic heterocycles. The normalized spacial score (nSPS) is 26.8. The standard InChI is InChI=1S/C30H34FN7O3/c1-37(14-21-15-39-18-34-21)27-23-16-41-30(8-2-4-19-5-6-24(33)22(12-32)26(19)30)11-25(23)35-28(36-27)40-17-29-7-3-9-38(29)13-20(31)10-29/h5-6,15,18,20H,2-4,7-11,13-14,16-17,33H2,1H3. The number of ether oxygens (including phenoxy) is 2. The molecular weight excluding hydrogens is 525 g/mol. The average molecular weight is 560 g/mol. The number of benzene rings is 1. The fourth-order valence-electron chi connectivity index (χ4n) is 7.50. The van der Waals surface area contributed by atoms with Gasteiger partial charge in [-0.2, -0.15) is 15.2 Å². The summed E-state index contributed by atoms with van der Waals surface area (Å²) < 4.78 is 32.6. The van der Waals surface area contributed by atoms with E-state index < -0.39 is 11.8 Å². The van der Waals surface area contributed by atoms with Crippen molar-refractivity contribution in [2.75, 3.05) is 37.4 Å². The van der Waals surface area contributed by atoms with Gasteiger partial charge in [0.25, 0.3) is 0 Å². The Morgan fingerprint density at radius 2 is 2.20 bits per heavy atom. The molecule has 0 radical (unpaired) electrons. The molecule has 2 fully saturated rings. The first kappa shape index (κ1) is 26.2. The van der Waals surface area contributed by atoms with Gasteiger partial charge in [0.2, 0.25) is 0 Å². The lowest BCUT2D eigenvalue weighted by atomic mass is 9.72. The van der Waals surface area contributed by atoms with E-state index in [1.165, 1.54) is 6.39 Å². The highest BCUT2D eigenvalue weighted by molar-refractivity contribution is 5.63. The molecule has 11 heteroatoms. The monoisotopic (exact) mass is 559 g/mol. The Hall–Kier alpha value is -3.75. The number of nitrogens with two attached hydrogens (primary N) is 1. The van der Waals surface area contributed by atoms with E-state index in [1.807, 2.05) is 24.1 Å². The Morgan fingerprint density at radius 1 is 1.29 bits per heavy atom. The van der Waals surface area contributed by atoms with Crippen molar-refractivity contribution < 1.29 is 18.3 Å². The summed E-state index contributed by atoms with van der Waals surface area (Å²) >= 11 is 0. The summed E-state index contributed by atoms with van der Waals surface area (Å²) in [4.78, 5) is 18.3. The number of nitriles is 1. The van der Waals surface area contributed by atoms with Crippen LogP contribution in [0.4, 0.5) is 15.9 Å². The second-order valence-electron chi connectivity index (χ2n) is 11.9. The molecule has 0 bridgehead atoms. The van der Waals surface area contributed by atoms with Crippen LogP contribution >= 0.6 is 0 Å². The lowest BCUT2D eigenvalue weighted by Crippen LogP contribution is -2.44. The van der Waals surface area contributed by atoms with E-state index >= 15 is 0 Å². The zero-order valence-corrected chi connectivity index (χ0v) is 23.2. The van der Waals surface area contributed by atoms with Gasteiger partial charge in [0.05, 0.1) is 35.6 Å². The summed E-state index contributed by atoms with van der Waals surface area (Å²) in [5.74, 6) is 0.697. The van der Waals surface area contributed by atoms with E-state index in [1.54, 1.807) is 6.26 Å². The summed E-state index contributed by atoms with van der Waals surface area (Å²) in [7, 11) is 1.94. The van der Waals surface area contributed by atoms with Crippen LogP contribution in [0.2, 0.25) is 0 Å². The van der Waals surface area contributed by atoms with Crippen molar-refractivity contribution in [1.29, 1.82) is 5.26 Å². The largest absolute Gasteiger partial charge is 0.461 e. The molecule has 3 unspecified atom stereocenters. The van der Waals surface area contributed by atoms with Gasteiger partial charge in [0.15, 0.2) is 6.39 Å². The van der Waals surface area contributed by atoms with Crippen LogP contribution < -0.4 is 15.4 Å². The van der Waals surface area contributed by atoms with Crippen molar-refractivity contribution >= 4 is 11.5 Å². The number of aryl methyl sites for hydroxylation is 1. The van der Waals surface area contributed by atoms with E-state index in [9.17, 15) is 9.65 Å². The molecule has 0 saturated carbocycles. The summed E-state index contributed by atoms with van der Waals surface area (Å²) in [5.41, 5.74) is 10.7. The summed E-state index contributed by atoms with van der Waals surface area (Å²) in [6.07, 6.45) is 7.65. The quantitative estimate of drug-likeness (QED) is 0.446. The molecule has 3 aromatic rings. The second kappa shape index (κ2) is 9.96. The number of anilines is 2. The highest BCUT2D eigenvalue weighted by Gasteiger charge is 2.50. The predicted molar refractivity (Wildman–Crippen MR) is 148 cm³/mol. The van der Waals surface area contributed by atoms with Crippen LogP contribution in [0, 0.1) is 11.3 Å². The number of hydrogen-bond donors (Lipinski definition) is 1.